The molecule has 0 atom stereocenters. The van der Waals surface area contributed by atoms with Crippen molar-refractivity contribution >= 4 is 23.2 Å². The van der Waals surface area contributed by atoms with Gasteiger partial charge in [0, 0.05) is 24.3 Å². The largest absolute Gasteiger partial charge is 0.367 e. The van der Waals surface area contributed by atoms with Crippen LogP contribution in [0.1, 0.15) is 27.8 Å². The maximum Gasteiger partial charge on any atom is 0.276 e. The molecule has 7 nitrogen and oxygen atoms in total. The van der Waals surface area contributed by atoms with Gasteiger partial charge in [-0.1, -0.05) is 0 Å². The number of nitrogens with zero attached hydrogens (tertiary/aromatic N) is 3. The molecule has 2 aromatic rings. The van der Waals surface area contributed by atoms with Crippen molar-refractivity contribution in [2.75, 3.05) is 37.8 Å². The Hall–Kier alpha value is -2.80. The van der Waals surface area contributed by atoms with Crippen LogP contribution in [-0.2, 0) is 0 Å². The van der Waals surface area contributed by atoms with Crippen LogP contribution in [0.2, 0.25) is 0 Å². The van der Waals surface area contributed by atoms with Crippen LogP contribution >= 0.6 is 0 Å². The summed E-state index contributed by atoms with van der Waals surface area (Å²) in [5.41, 5.74) is 1.42. The summed E-state index contributed by atoms with van der Waals surface area (Å²) in [5, 5.41) is 13.8. The first-order chi connectivity index (χ1) is 11.5. The minimum Gasteiger partial charge on any atom is -0.367 e. The minimum absolute atomic E-state index is 0.0175. The molecule has 2 N–H and O–H groups in total. The van der Waals surface area contributed by atoms with Gasteiger partial charge in [0.2, 0.25) is 0 Å². The van der Waals surface area contributed by atoms with E-state index in [4.69, 9.17) is 0 Å². The Morgan fingerprint density at radius 2 is 1.75 bits per heavy atom. The highest BCUT2D eigenvalue weighted by molar-refractivity contribution is 6.03. The van der Waals surface area contributed by atoms with Crippen LogP contribution in [0.5, 0.6) is 0 Å². The van der Waals surface area contributed by atoms with Gasteiger partial charge >= 0.3 is 0 Å². The quantitative estimate of drug-likeness (QED) is 0.755. The molecule has 1 heterocycles. The van der Waals surface area contributed by atoms with E-state index in [0.29, 0.717) is 17.1 Å². The molecule has 1 aromatic carbocycles. The van der Waals surface area contributed by atoms with Crippen molar-refractivity contribution in [2.45, 2.75) is 6.92 Å². The molecular weight excluding hydrogens is 306 g/mol. The second-order valence-corrected chi connectivity index (χ2v) is 5.62. The van der Waals surface area contributed by atoms with Gasteiger partial charge < -0.3 is 15.5 Å². The van der Waals surface area contributed by atoms with Crippen LogP contribution in [-0.4, -0.2) is 54.0 Å². The first-order valence-corrected chi connectivity index (χ1v) is 7.60. The summed E-state index contributed by atoms with van der Waals surface area (Å²) >= 11 is 0. The molecule has 0 saturated heterocycles. The number of Topliss-reactive ketones (excluding diaryl/α,β-unsaturated/α-hetero) is 1. The Kier molecular flexibility index (Phi) is 5.97. The number of aromatic nitrogens is 2. The Labute approximate surface area is 141 Å². The van der Waals surface area contributed by atoms with Gasteiger partial charge in [0.1, 0.15) is 5.82 Å². The smallest absolute Gasteiger partial charge is 0.276 e. The van der Waals surface area contributed by atoms with E-state index in [2.05, 4.69) is 25.7 Å². The summed E-state index contributed by atoms with van der Waals surface area (Å²) in [7, 11) is 3.98. The third kappa shape index (κ3) is 5.13. The van der Waals surface area contributed by atoms with Crippen LogP contribution in [0.3, 0.4) is 0 Å². The van der Waals surface area contributed by atoms with E-state index >= 15 is 0 Å². The molecule has 24 heavy (non-hydrogen) atoms. The van der Waals surface area contributed by atoms with Crippen LogP contribution in [0.15, 0.2) is 36.4 Å². The van der Waals surface area contributed by atoms with E-state index in [-0.39, 0.29) is 17.4 Å². The predicted molar refractivity (Wildman–Crippen MR) is 93.5 cm³/mol. The van der Waals surface area contributed by atoms with Crippen molar-refractivity contribution in [1.82, 2.24) is 15.1 Å². The SMILES string of the molecule is CC(=O)c1ccc(NC(=O)c2ccc(NCCN(C)C)nn2)cc1. The van der Waals surface area contributed by atoms with Gasteiger partial charge in [-0.25, -0.2) is 0 Å². The lowest BCUT2D eigenvalue weighted by atomic mass is 10.1. The number of ketones is 1. The summed E-state index contributed by atoms with van der Waals surface area (Å²) in [6, 6.07) is 10.0. The van der Waals surface area contributed by atoms with Gasteiger partial charge in [-0.15, -0.1) is 10.2 Å². The van der Waals surface area contributed by atoms with Gasteiger partial charge in [-0.05, 0) is 57.4 Å². The summed E-state index contributed by atoms with van der Waals surface area (Å²) in [5.74, 6) is 0.258. The molecule has 0 spiro atoms. The average Bonchev–Trinajstić information content (AvgIpc) is 2.55. The van der Waals surface area contributed by atoms with Gasteiger partial charge in [-0.2, -0.15) is 0 Å². The molecule has 1 aromatic heterocycles. The second kappa shape index (κ2) is 8.16. The lowest BCUT2D eigenvalue weighted by Gasteiger charge is -2.10. The normalized spacial score (nSPS) is 10.5. The van der Waals surface area contributed by atoms with Crippen molar-refractivity contribution < 1.29 is 9.59 Å². The fourth-order valence-electron chi connectivity index (χ4n) is 1.94. The van der Waals surface area contributed by atoms with E-state index in [1.165, 1.54) is 6.92 Å². The number of nitrogens with one attached hydrogen (secondary N) is 2. The Bertz CT molecular complexity index is 696. The van der Waals surface area contributed by atoms with Crippen molar-refractivity contribution in [1.29, 1.82) is 0 Å². The molecule has 126 valence electrons. The zero-order chi connectivity index (χ0) is 17.5. The van der Waals surface area contributed by atoms with E-state index in [9.17, 15) is 9.59 Å². The van der Waals surface area contributed by atoms with E-state index < -0.39 is 0 Å². The number of hydrogen-bond donors (Lipinski definition) is 2. The fourth-order valence-corrected chi connectivity index (χ4v) is 1.94. The number of carbonyl (C=O) groups is 2. The molecule has 1 amide bonds. The lowest BCUT2D eigenvalue weighted by molar-refractivity contribution is 0.101. The van der Waals surface area contributed by atoms with Gasteiger partial charge in [0.25, 0.3) is 5.91 Å². The van der Waals surface area contributed by atoms with Crippen LogP contribution in [0.25, 0.3) is 0 Å². The molecule has 0 aliphatic heterocycles. The Morgan fingerprint density at radius 1 is 1.04 bits per heavy atom. The van der Waals surface area contributed by atoms with Crippen molar-refractivity contribution in [3.8, 4) is 0 Å². The van der Waals surface area contributed by atoms with Crippen LogP contribution in [0, 0.1) is 0 Å². The second-order valence-electron chi connectivity index (χ2n) is 5.62. The maximum absolute atomic E-state index is 12.1. The number of amides is 1. The Morgan fingerprint density at radius 3 is 2.29 bits per heavy atom. The minimum atomic E-state index is -0.349. The van der Waals surface area contributed by atoms with Crippen LogP contribution in [0.4, 0.5) is 11.5 Å². The van der Waals surface area contributed by atoms with Gasteiger partial charge in [0.05, 0.1) is 0 Å². The predicted octanol–water partition coefficient (Wildman–Crippen LogP) is 1.90. The molecule has 0 aliphatic carbocycles. The number of anilines is 2. The van der Waals surface area contributed by atoms with E-state index in [0.717, 1.165) is 13.1 Å². The molecule has 0 aliphatic rings. The van der Waals surface area contributed by atoms with Crippen molar-refractivity contribution in [2.24, 2.45) is 0 Å². The lowest BCUT2D eigenvalue weighted by Crippen LogP contribution is -2.21. The van der Waals surface area contributed by atoms with Crippen LogP contribution < -0.4 is 10.6 Å². The Balaban J connectivity index is 1.93. The molecular formula is C17H21N5O2. The molecule has 0 radical (unpaired) electrons. The number of rotatable bonds is 7. The van der Waals surface area contributed by atoms with Crippen molar-refractivity contribution in [3.05, 3.63) is 47.7 Å². The summed E-state index contributed by atoms with van der Waals surface area (Å²) in [6.45, 7) is 3.12. The first-order valence-electron chi connectivity index (χ1n) is 7.60. The highest BCUT2D eigenvalue weighted by atomic mass is 16.2. The highest BCUT2D eigenvalue weighted by Gasteiger charge is 2.09. The zero-order valence-corrected chi connectivity index (χ0v) is 14.0. The number of likely N-dealkylation sites (N-methyl/N-ethyl adjacent to an activating group) is 1. The molecule has 7 heteroatoms. The topological polar surface area (TPSA) is 87.2 Å². The number of hydrogen-bond acceptors (Lipinski definition) is 6. The third-order valence-corrected chi connectivity index (χ3v) is 3.31. The number of benzene rings is 1. The van der Waals surface area contributed by atoms with Gasteiger partial charge in [-0.3, -0.25) is 9.59 Å². The van der Waals surface area contributed by atoms with Crippen molar-refractivity contribution in [3.63, 3.8) is 0 Å². The standard InChI is InChI=1S/C17H21N5O2/c1-12(23)13-4-6-14(7-5-13)19-17(24)15-8-9-16(21-20-15)18-10-11-22(2)3/h4-9H,10-11H2,1-3H3,(H,18,21)(H,19,24). The monoisotopic (exact) mass is 327 g/mol. The zero-order valence-electron chi connectivity index (χ0n) is 14.0. The first kappa shape index (κ1) is 17.6. The van der Waals surface area contributed by atoms with Gasteiger partial charge in [0.15, 0.2) is 11.5 Å². The summed E-state index contributed by atoms with van der Waals surface area (Å²) in [6.07, 6.45) is 0. The molecule has 0 bridgehead atoms. The van der Waals surface area contributed by atoms with E-state index in [1.807, 2.05) is 14.1 Å². The maximum atomic E-state index is 12.1. The summed E-state index contributed by atoms with van der Waals surface area (Å²) in [4.78, 5) is 25.4. The molecule has 2 rings (SSSR count). The summed E-state index contributed by atoms with van der Waals surface area (Å²) < 4.78 is 0. The average molecular weight is 327 g/mol. The molecule has 0 saturated carbocycles. The molecule has 0 unspecified atom stereocenters. The molecule has 0 fully saturated rings. The number of carbonyl (C=O) groups excluding carboxylic acids is 2. The fraction of sp³-hybridized carbons (Fsp3) is 0.294. The van der Waals surface area contributed by atoms with E-state index in [1.54, 1.807) is 36.4 Å². The highest BCUT2D eigenvalue weighted by Crippen LogP contribution is 2.11. The third-order valence-electron chi connectivity index (χ3n) is 3.31.